The fraction of sp³-hybridized carbons (Fsp3) is 0.0769. The van der Waals surface area contributed by atoms with Crippen LogP contribution in [0, 0.1) is 6.92 Å². The molecule has 166 valence electrons. The number of hydrogen-bond acceptors (Lipinski definition) is 4. The Morgan fingerprint density at radius 2 is 1.73 bits per heavy atom. The van der Waals surface area contributed by atoms with E-state index in [1.807, 2.05) is 49.4 Å². The average molecular weight is 477 g/mol. The van der Waals surface area contributed by atoms with E-state index in [2.05, 4.69) is 10.3 Å². The molecule has 0 saturated heterocycles. The summed E-state index contributed by atoms with van der Waals surface area (Å²) in [6, 6.07) is 22.9. The molecule has 0 spiro atoms. The topological polar surface area (TPSA) is 76.1 Å². The lowest BCUT2D eigenvalue weighted by molar-refractivity contribution is 0.102. The minimum atomic E-state index is -3.46. The number of carbonyl (C=O) groups is 1. The Morgan fingerprint density at radius 1 is 0.909 bits per heavy atom. The number of aryl methyl sites for hydroxylation is 1. The maximum atomic E-state index is 13.3. The number of anilines is 1. The molecule has 0 fully saturated rings. The summed E-state index contributed by atoms with van der Waals surface area (Å²) in [4.78, 5) is 17.8. The van der Waals surface area contributed by atoms with Crippen molar-refractivity contribution in [1.82, 2.24) is 4.98 Å². The van der Waals surface area contributed by atoms with Gasteiger partial charge in [0.1, 0.15) is 0 Å². The van der Waals surface area contributed by atoms with Gasteiger partial charge in [-0.15, -0.1) is 0 Å². The Kier molecular flexibility index (Phi) is 6.31. The van der Waals surface area contributed by atoms with Crippen LogP contribution >= 0.6 is 11.6 Å². The number of hydrogen-bond donors (Lipinski definition) is 1. The lowest BCUT2D eigenvalue weighted by Crippen LogP contribution is -2.14. The summed E-state index contributed by atoms with van der Waals surface area (Å²) in [5, 5.41) is 3.42. The molecule has 5 nitrogen and oxygen atoms in total. The van der Waals surface area contributed by atoms with Gasteiger partial charge in [0, 0.05) is 34.3 Å². The quantitative estimate of drug-likeness (QED) is 0.381. The van der Waals surface area contributed by atoms with E-state index in [-0.39, 0.29) is 10.8 Å². The molecule has 1 heterocycles. The van der Waals surface area contributed by atoms with Crippen LogP contribution in [0.5, 0.6) is 0 Å². The number of halogens is 1. The number of aromatic nitrogens is 1. The lowest BCUT2D eigenvalue weighted by Gasteiger charge is -2.14. The molecule has 3 aromatic carbocycles. The number of rotatable bonds is 5. The summed E-state index contributed by atoms with van der Waals surface area (Å²) >= 11 is 6.24. The molecule has 0 bridgehead atoms. The van der Waals surface area contributed by atoms with E-state index >= 15 is 0 Å². The second-order valence-corrected chi connectivity index (χ2v) is 10.2. The van der Waals surface area contributed by atoms with E-state index < -0.39 is 9.84 Å². The molecular formula is C26H21ClN2O3S. The summed E-state index contributed by atoms with van der Waals surface area (Å²) in [5.41, 5.74) is 4.65. The fourth-order valence-corrected chi connectivity index (χ4v) is 4.51. The molecule has 0 aliphatic rings. The second-order valence-electron chi connectivity index (χ2n) is 7.75. The molecule has 0 saturated carbocycles. The van der Waals surface area contributed by atoms with Gasteiger partial charge in [-0.1, -0.05) is 35.9 Å². The van der Waals surface area contributed by atoms with Gasteiger partial charge in [-0.3, -0.25) is 9.78 Å². The first-order valence-corrected chi connectivity index (χ1v) is 12.4. The summed E-state index contributed by atoms with van der Waals surface area (Å²) in [6.45, 7) is 1.89. The van der Waals surface area contributed by atoms with Gasteiger partial charge in [0.25, 0.3) is 5.91 Å². The van der Waals surface area contributed by atoms with Gasteiger partial charge in [0.2, 0.25) is 0 Å². The van der Waals surface area contributed by atoms with Gasteiger partial charge >= 0.3 is 0 Å². The number of nitrogens with one attached hydrogen (secondary N) is 1. The maximum absolute atomic E-state index is 13.3. The zero-order valence-corrected chi connectivity index (χ0v) is 19.6. The van der Waals surface area contributed by atoms with Crippen LogP contribution in [0.3, 0.4) is 0 Å². The normalized spacial score (nSPS) is 11.2. The standard InChI is InChI=1S/C26H21ClN2O3S/c1-17-12-19(14-20(27)13-17)24-16-22(33(2,31)32)9-10-23(24)26(30)29-21-7-5-6-18(15-21)25-8-3-4-11-28-25/h3-16H,1-2H3,(H,29,30). The van der Waals surface area contributed by atoms with Crippen LogP contribution in [0.25, 0.3) is 22.4 Å². The molecule has 1 aromatic heterocycles. The van der Waals surface area contributed by atoms with Crippen LogP contribution in [-0.4, -0.2) is 25.6 Å². The monoisotopic (exact) mass is 476 g/mol. The Labute approximate surface area is 198 Å². The summed E-state index contributed by atoms with van der Waals surface area (Å²) in [5.74, 6) is -0.360. The second kappa shape index (κ2) is 9.17. The van der Waals surface area contributed by atoms with E-state index in [0.717, 1.165) is 23.1 Å². The molecule has 7 heteroatoms. The Hall–Kier alpha value is -3.48. The molecular weight excluding hydrogens is 456 g/mol. The average Bonchev–Trinajstić information content (AvgIpc) is 2.78. The fourth-order valence-electron chi connectivity index (χ4n) is 3.57. The lowest BCUT2D eigenvalue weighted by atomic mass is 9.97. The van der Waals surface area contributed by atoms with Gasteiger partial charge < -0.3 is 5.32 Å². The number of nitrogens with zero attached hydrogens (tertiary/aromatic N) is 1. The Morgan fingerprint density at radius 3 is 2.42 bits per heavy atom. The number of sulfone groups is 1. The third-order valence-corrected chi connectivity index (χ3v) is 6.43. The third-order valence-electron chi connectivity index (χ3n) is 5.10. The van der Waals surface area contributed by atoms with Crippen molar-refractivity contribution >= 4 is 33.0 Å². The first-order valence-electron chi connectivity index (χ1n) is 10.2. The van der Waals surface area contributed by atoms with Crippen molar-refractivity contribution < 1.29 is 13.2 Å². The third kappa shape index (κ3) is 5.30. The van der Waals surface area contributed by atoms with Crippen LogP contribution in [0.2, 0.25) is 5.02 Å². The summed E-state index contributed by atoms with van der Waals surface area (Å²) < 4.78 is 24.3. The highest BCUT2D eigenvalue weighted by atomic mass is 35.5. The molecule has 33 heavy (non-hydrogen) atoms. The van der Waals surface area contributed by atoms with Crippen molar-refractivity contribution in [2.24, 2.45) is 0 Å². The number of amides is 1. The van der Waals surface area contributed by atoms with Crippen molar-refractivity contribution in [2.45, 2.75) is 11.8 Å². The van der Waals surface area contributed by atoms with E-state index in [0.29, 0.717) is 27.4 Å². The minimum absolute atomic E-state index is 0.129. The number of pyridine rings is 1. The predicted octanol–water partition coefficient (Wildman–Crippen LogP) is 6.03. The molecule has 0 radical (unpaired) electrons. The van der Waals surface area contributed by atoms with Crippen LogP contribution < -0.4 is 5.32 Å². The maximum Gasteiger partial charge on any atom is 0.256 e. The van der Waals surface area contributed by atoms with Crippen LogP contribution in [0.15, 0.2) is 90.0 Å². The molecule has 1 amide bonds. The van der Waals surface area contributed by atoms with Crippen LogP contribution in [0.1, 0.15) is 15.9 Å². The van der Waals surface area contributed by atoms with E-state index in [4.69, 9.17) is 11.6 Å². The van der Waals surface area contributed by atoms with Gasteiger partial charge in [0.15, 0.2) is 9.84 Å². The van der Waals surface area contributed by atoms with Crippen molar-refractivity contribution in [3.63, 3.8) is 0 Å². The van der Waals surface area contributed by atoms with Gasteiger partial charge in [0.05, 0.1) is 10.6 Å². The first kappa shape index (κ1) is 22.7. The van der Waals surface area contributed by atoms with Crippen LogP contribution in [-0.2, 0) is 9.84 Å². The molecule has 4 aromatic rings. The van der Waals surface area contributed by atoms with Gasteiger partial charge in [-0.25, -0.2) is 8.42 Å². The number of carbonyl (C=O) groups excluding carboxylic acids is 1. The molecule has 0 atom stereocenters. The van der Waals surface area contributed by atoms with Crippen molar-refractivity contribution in [3.05, 3.63) is 101 Å². The highest BCUT2D eigenvalue weighted by Crippen LogP contribution is 2.31. The van der Waals surface area contributed by atoms with Crippen molar-refractivity contribution in [2.75, 3.05) is 11.6 Å². The van der Waals surface area contributed by atoms with Crippen molar-refractivity contribution in [1.29, 1.82) is 0 Å². The number of benzene rings is 3. The largest absolute Gasteiger partial charge is 0.322 e. The highest BCUT2D eigenvalue weighted by molar-refractivity contribution is 7.90. The molecule has 0 aliphatic heterocycles. The van der Waals surface area contributed by atoms with E-state index in [1.165, 1.54) is 18.2 Å². The summed E-state index contributed by atoms with van der Waals surface area (Å²) in [6.07, 6.45) is 2.85. The minimum Gasteiger partial charge on any atom is -0.322 e. The zero-order valence-electron chi connectivity index (χ0n) is 18.0. The van der Waals surface area contributed by atoms with Gasteiger partial charge in [-0.2, -0.15) is 0 Å². The first-order chi connectivity index (χ1) is 15.7. The molecule has 1 N–H and O–H groups in total. The van der Waals surface area contributed by atoms with Crippen molar-refractivity contribution in [3.8, 4) is 22.4 Å². The Balaban J connectivity index is 1.75. The van der Waals surface area contributed by atoms with Gasteiger partial charge in [-0.05, 0) is 78.2 Å². The predicted molar refractivity (Wildman–Crippen MR) is 132 cm³/mol. The Bertz CT molecular complexity index is 1430. The SMILES string of the molecule is Cc1cc(Cl)cc(-c2cc(S(C)(=O)=O)ccc2C(=O)Nc2cccc(-c3ccccn3)c2)c1. The zero-order chi connectivity index (χ0) is 23.6. The van der Waals surface area contributed by atoms with E-state index in [9.17, 15) is 13.2 Å². The molecule has 4 rings (SSSR count). The highest BCUT2D eigenvalue weighted by Gasteiger charge is 2.18. The van der Waals surface area contributed by atoms with Crippen LogP contribution in [0.4, 0.5) is 5.69 Å². The molecule has 0 aliphatic carbocycles. The summed E-state index contributed by atoms with van der Waals surface area (Å²) in [7, 11) is -3.46. The molecule has 0 unspecified atom stereocenters. The van der Waals surface area contributed by atoms with E-state index in [1.54, 1.807) is 24.4 Å². The smallest absolute Gasteiger partial charge is 0.256 e.